The number of nitrogens with zero attached hydrogens (tertiary/aromatic N) is 3. The number of primary amides is 1. The maximum absolute atomic E-state index is 11.8. The van der Waals surface area contributed by atoms with E-state index in [-0.39, 0.29) is 18.6 Å². The first-order valence-corrected chi connectivity index (χ1v) is 7.22. The van der Waals surface area contributed by atoms with E-state index in [1.165, 1.54) is 10.9 Å². The van der Waals surface area contributed by atoms with Crippen molar-refractivity contribution < 1.29 is 14.3 Å². The number of amides is 3. The van der Waals surface area contributed by atoms with E-state index in [1.54, 1.807) is 6.20 Å². The second-order valence-corrected chi connectivity index (χ2v) is 5.23. The molecule has 0 unspecified atom stereocenters. The van der Waals surface area contributed by atoms with Crippen molar-refractivity contribution in [1.82, 2.24) is 20.0 Å². The first-order chi connectivity index (χ1) is 10.5. The molecule has 1 aromatic heterocycles. The highest BCUT2D eigenvalue weighted by Gasteiger charge is 2.17. The minimum atomic E-state index is -0.488. The van der Waals surface area contributed by atoms with Gasteiger partial charge in [-0.15, -0.1) is 0 Å². The number of nitrogens with one attached hydrogen (secondary N) is 2. The van der Waals surface area contributed by atoms with Crippen LogP contribution in [0.1, 0.15) is 6.92 Å². The van der Waals surface area contributed by atoms with Crippen molar-refractivity contribution in [2.45, 2.75) is 19.5 Å². The van der Waals surface area contributed by atoms with Crippen LogP contribution in [0.25, 0.3) is 0 Å². The van der Waals surface area contributed by atoms with Gasteiger partial charge >= 0.3 is 6.03 Å². The summed E-state index contributed by atoms with van der Waals surface area (Å²) >= 11 is 0. The lowest BCUT2D eigenvalue weighted by molar-refractivity contribution is -0.118. The lowest BCUT2D eigenvalue weighted by atomic mass is 10.2. The van der Waals surface area contributed by atoms with Crippen LogP contribution in [-0.2, 0) is 16.1 Å². The zero-order valence-corrected chi connectivity index (χ0v) is 12.6. The highest BCUT2D eigenvalue weighted by molar-refractivity contribution is 5.88. The molecule has 122 valence electrons. The Morgan fingerprint density at radius 1 is 1.45 bits per heavy atom. The SMILES string of the molecule is C[C@H](CNC(=O)Nc1cnn(CC(N)=O)c1)N1CCOCC1. The third-order valence-corrected chi connectivity index (χ3v) is 3.44. The van der Waals surface area contributed by atoms with Crippen LogP contribution in [0.15, 0.2) is 12.4 Å². The van der Waals surface area contributed by atoms with Crippen molar-refractivity contribution in [3.63, 3.8) is 0 Å². The molecule has 1 atom stereocenters. The van der Waals surface area contributed by atoms with E-state index in [4.69, 9.17) is 10.5 Å². The van der Waals surface area contributed by atoms with Crippen LogP contribution in [0.4, 0.5) is 10.5 Å². The standard InChI is InChI=1S/C13H22N6O3/c1-10(18-2-4-22-5-3-18)6-15-13(21)17-11-7-16-19(8-11)9-12(14)20/h7-8,10H,2-6,9H2,1H3,(H2,14,20)(H2,15,17,21)/t10-/m1/s1. The predicted molar refractivity (Wildman–Crippen MR) is 80.3 cm³/mol. The average Bonchev–Trinajstić information content (AvgIpc) is 2.92. The Morgan fingerprint density at radius 3 is 2.86 bits per heavy atom. The van der Waals surface area contributed by atoms with Gasteiger partial charge in [-0.25, -0.2) is 4.79 Å². The minimum Gasteiger partial charge on any atom is -0.379 e. The van der Waals surface area contributed by atoms with Crippen molar-refractivity contribution in [3.8, 4) is 0 Å². The molecule has 1 aliphatic rings. The molecule has 4 N–H and O–H groups in total. The van der Waals surface area contributed by atoms with Gasteiger partial charge in [0.1, 0.15) is 6.54 Å². The van der Waals surface area contributed by atoms with E-state index in [2.05, 4.69) is 27.6 Å². The maximum atomic E-state index is 11.8. The molecule has 22 heavy (non-hydrogen) atoms. The van der Waals surface area contributed by atoms with Crippen LogP contribution in [0, 0.1) is 0 Å². The number of rotatable bonds is 6. The molecule has 0 aromatic carbocycles. The smallest absolute Gasteiger partial charge is 0.319 e. The number of ether oxygens (including phenoxy) is 1. The Morgan fingerprint density at radius 2 is 2.18 bits per heavy atom. The van der Waals surface area contributed by atoms with E-state index in [1.807, 2.05) is 0 Å². The van der Waals surface area contributed by atoms with Crippen LogP contribution in [0.3, 0.4) is 0 Å². The zero-order valence-electron chi connectivity index (χ0n) is 12.6. The van der Waals surface area contributed by atoms with Gasteiger partial charge in [0.05, 0.1) is 25.1 Å². The Bertz CT molecular complexity index is 512. The summed E-state index contributed by atoms with van der Waals surface area (Å²) in [7, 11) is 0. The molecule has 0 aliphatic carbocycles. The Hall–Kier alpha value is -2.13. The Balaban J connectivity index is 1.73. The molecule has 3 amide bonds. The molecule has 2 rings (SSSR count). The number of urea groups is 1. The first kappa shape index (κ1) is 16.2. The molecular formula is C13H22N6O3. The molecular weight excluding hydrogens is 288 g/mol. The highest BCUT2D eigenvalue weighted by Crippen LogP contribution is 2.05. The second kappa shape index (κ2) is 7.76. The molecule has 1 saturated heterocycles. The third-order valence-electron chi connectivity index (χ3n) is 3.44. The average molecular weight is 310 g/mol. The van der Waals surface area contributed by atoms with Gasteiger partial charge in [-0.2, -0.15) is 5.10 Å². The zero-order chi connectivity index (χ0) is 15.9. The van der Waals surface area contributed by atoms with E-state index >= 15 is 0 Å². The highest BCUT2D eigenvalue weighted by atomic mass is 16.5. The number of morpholine rings is 1. The Labute approximate surface area is 128 Å². The molecule has 0 saturated carbocycles. The molecule has 1 aromatic rings. The van der Waals surface area contributed by atoms with Gasteiger partial charge in [-0.05, 0) is 6.92 Å². The summed E-state index contributed by atoms with van der Waals surface area (Å²) in [4.78, 5) is 24.9. The summed E-state index contributed by atoms with van der Waals surface area (Å²) in [6.45, 7) is 5.81. The monoisotopic (exact) mass is 310 g/mol. The fourth-order valence-electron chi connectivity index (χ4n) is 2.24. The summed E-state index contributed by atoms with van der Waals surface area (Å²) in [6, 6.07) is -0.0639. The summed E-state index contributed by atoms with van der Waals surface area (Å²) in [5.41, 5.74) is 5.59. The summed E-state index contributed by atoms with van der Waals surface area (Å²) in [6.07, 6.45) is 3.02. The van der Waals surface area contributed by atoms with E-state index in [0.29, 0.717) is 12.2 Å². The van der Waals surface area contributed by atoms with Gasteiger partial charge in [-0.1, -0.05) is 0 Å². The van der Waals surface area contributed by atoms with Gasteiger partial charge in [0.15, 0.2) is 0 Å². The number of nitrogens with two attached hydrogens (primary N) is 1. The van der Waals surface area contributed by atoms with E-state index < -0.39 is 5.91 Å². The van der Waals surface area contributed by atoms with Crippen LogP contribution in [0.2, 0.25) is 0 Å². The molecule has 9 heteroatoms. The molecule has 0 bridgehead atoms. The van der Waals surface area contributed by atoms with Gasteiger partial charge in [0.2, 0.25) is 5.91 Å². The maximum Gasteiger partial charge on any atom is 0.319 e. The lowest BCUT2D eigenvalue weighted by Gasteiger charge is -2.32. The van der Waals surface area contributed by atoms with Crippen LogP contribution in [-0.4, -0.2) is 65.5 Å². The fraction of sp³-hybridized carbons (Fsp3) is 0.615. The predicted octanol–water partition coefficient (Wildman–Crippen LogP) is -0.789. The van der Waals surface area contributed by atoms with Crippen LogP contribution in [0.5, 0.6) is 0 Å². The summed E-state index contributed by atoms with van der Waals surface area (Å²) < 4.78 is 6.67. The largest absolute Gasteiger partial charge is 0.379 e. The molecule has 9 nitrogen and oxygen atoms in total. The van der Waals surface area contributed by atoms with Gasteiger partial charge in [-0.3, -0.25) is 14.4 Å². The van der Waals surface area contributed by atoms with Crippen molar-refractivity contribution in [2.24, 2.45) is 5.73 Å². The van der Waals surface area contributed by atoms with Crippen LogP contribution >= 0.6 is 0 Å². The topological polar surface area (TPSA) is 115 Å². The molecule has 0 spiro atoms. The van der Waals surface area contributed by atoms with Gasteiger partial charge in [0, 0.05) is 31.9 Å². The van der Waals surface area contributed by atoms with Crippen LogP contribution < -0.4 is 16.4 Å². The summed E-state index contributed by atoms with van der Waals surface area (Å²) in [5.74, 6) is -0.488. The summed E-state index contributed by atoms with van der Waals surface area (Å²) in [5, 5.41) is 9.41. The molecule has 1 fully saturated rings. The number of aromatic nitrogens is 2. The normalized spacial score (nSPS) is 17.0. The Kier molecular flexibility index (Phi) is 5.73. The number of hydrogen-bond acceptors (Lipinski definition) is 5. The minimum absolute atomic E-state index is 0.0165. The van der Waals surface area contributed by atoms with Crippen molar-refractivity contribution in [1.29, 1.82) is 0 Å². The molecule has 1 aliphatic heterocycles. The van der Waals surface area contributed by atoms with E-state index in [9.17, 15) is 9.59 Å². The number of anilines is 1. The number of carbonyl (C=O) groups is 2. The molecule has 2 heterocycles. The molecule has 0 radical (unpaired) electrons. The quantitative estimate of drug-likeness (QED) is 0.637. The fourth-order valence-corrected chi connectivity index (χ4v) is 2.24. The second-order valence-electron chi connectivity index (χ2n) is 5.23. The van der Waals surface area contributed by atoms with Gasteiger partial charge < -0.3 is 21.1 Å². The van der Waals surface area contributed by atoms with Crippen molar-refractivity contribution in [2.75, 3.05) is 38.2 Å². The van der Waals surface area contributed by atoms with Crippen molar-refractivity contribution >= 4 is 17.6 Å². The number of carbonyl (C=O) groups excluding carboxylic acids is 2. The van der Waals surface area contributed by atoms with Gasteiger partial charge in [0.25, 0.3) is 0 Å². The lowest BCUT2D eigenvalue weighted by Crippen LogP contribution is -2.47. The third kappa shape index (κ3) is 5.01. The number of hydrogen-bond donors (Lipinski definition) is 3. The van der Waals surface area contributed by atoms with Crippen molar-refractivity contribution in [3.05, 3.63) is 12.4 Å². The first-order valence-electron chi connectivity index (χ1n) is 7.22. The van der Waals surface area contributed by atoms with E-state index in [0.717, 1.165) is 26.3 Å².